The van der Waals surface area contributed by atoms with E-state index >= 15 is 0 Å². The summed E-state index contributed by atoms with van der Waals surface area (Å²) in [6.07, 6.45) is 2.76. The summed E-state index contributed by atoms with van der Waals surface area (Å²) in [5, 5.41) is 3.67. The van der Waals surface area contributed by atoms with E-state index in [4.69, 9.17) is 0 Å². The predicted octanol–water partition coefficient (Wildman–Crippen LogP) is 3.94. The number of hydrogen-bond acceptors (Lipinski definition) is 2. The molecule has 0 saturated heterocycles. The summed E-state index contributed by atoms with van der Waals surface area (Å²) in [6.45, 7) is 10.1. The van der Waals surface area contributed by atoms with Crippen LogP contribution in [0.25, 0.3) is 0 Å². The molecule has 0 aliphatic heterocycles. The Hall–Kier alpha value is -0.860. The van der Waals surface area contributed by atoms with Gasteiger partial charge in [0.1, 0.15) is 0 Å². The lowest BCUT2D eigenvalue weighted by molar-refractivity contribution is 0.237. The van der Waals surface area contributed by atoms with Crippen molar-refractivity contribution in [3.63, 3.8) is 0 Å². The summed E-state index contributed by atoms with van der Waals surface area (Å²) < 4.78 is 0. The van der Waals surface area contributed by atoms with Gasteiger partial charge in [-0.1, -0.05) is 38.1 Å². The normalized spacial score (nSPS) is 18.6. The Balaban J connectivity index is 1.82. The molecule has 1 aromatic carbocycles. The number of likely N-dealkylation sites (N-methyl/N-ethyl adjacent to an activating group) is 1. The largest absolute Gasteiger partial charge is 0.309 e. The monoisotopic (exact) mass is 274 g/mol. The lowest BCUT2D eigenvalue weighted by atomic mass is 9.99. The number of hydrogen-bond donors (Lipinski definition) is 1. The van der Waals surface area contributed by atoms with Crippen molar-refractivity contribution in [2.45, 2.75) is 64.6 Å². The van der Waals surface area contributed by atoms with E-state index in [9.17, 15) is 0 Å². The summed E-state index contributed by atoms with van der Waals surface area (Å²) in [5.74, 6) is 0.611. The van der Waals surface area contributed by atoms with Gasteiger partial charge in [0.15, 0.2) is 0 Å². The van der Waals surface area contributed by atoms with Crippen LogP contribution in [0.1, 0.15) is 63.6 Å². The Morgan fingerprint density at radius 2 is 1.60 bits per heavy atom. The van der Waals surface area contributed by atoms with Gasteiger partial charge in [-0.2, -0.15) is 0 Å². The van der Waals surface area contributed by atoms with Crippen LogP contribution < -0.4 is 5.32 Å². The Labute approximate surface area is 124 Å². The summed E-state index contributed by atoms with van der Waals surface area (Å²) in [7, 11) is 2.26. The molecule has 1 aliphatic carbocycles. The van der Waals surface area contributed by atoms with E-state index < -0.39 is 0 Å². The second-order valence-corrected chi connectivity index (χ2v) is 6.70. The van der Waals surface area contributed by atoms with Crippen LogP contribution >= 0.6 is 0 Å². The van der Waals surface area contributed by atoms with Gasteiger partial charge in [-0.25, -0.2) is 0 Å². The minimum absolute atomic E-state index is 0.422. The molecule has 2 heteroatoms. The fourth-order valence-corrected chi connectivity index (χ4v) is 2.62. The lowest BCUT2D eigenvalue weighted by Crippen LogP contribution is -2.39. The van der Waals surface area contributed by atoms with E-state index in [0.717, 1.165) is 12.6 Å². The maximum Gasteiger partial charge on any atom is 0.0292 e. The van der Waals surface area contributed by atoms with Gasteiger partial charge in [-0.15, -0.1) is 0 Å². The molecule has 1 saturated carbocycles. The topological polar surface area (TPSA) is 15.3 Å². The SMILES string of the molecule is CC(C)c1ccc(C(C)NCC(C)N(C)C2CC2)cc1. The van der Waals surface area contributed by atoms with Crippen molar-refractivity contribution in [2.24, 2.45) is 0 Å². The maximum atomic E-state index is 3.67. The smallest absolute Gasteiger partial charge is 0.0292 e. The summed E-state index contributed by atoms with van der Waals surface area (Å²) in [4.78, 5) is 2.52. The zero-order valence-electron chi connectivity index (χ0n) is 13.7. The van der Waals surface area contributed by atoms with E-state index in [0.29, 0.717) is 18.0 Å². The van der Waals surface area contributed by atoms with Crippen LogP contribution in [-0.2, 0) is 0 Å². The van der Waals surface area contributed by atoms with Gasteiger partial charge in [0.2, 0.25) is 0 Å². The van der Waals surface area contributed by atoms with Crippen molar-refractivity contribution >= 4 is 0 Å². The minimum atomic E-state index is 0.422. The molecule has 20 heavy (non-hydrogen) atoms. The average molecular weight is 274 g/mol. The second kappa shape index (κ2) is 6.73. The standard InChI is InChI=1S/C18H30N2/c1-13(2)16-6-8-17(9-7-16)15(4)19-12-14(3)20(5)18-10-11-18/h6-9,13-15,18-19H,10-12H2,1-5H3. The first-order valence-corrected chi connectivity index (χ1v) is 8.04. The molecule has 2 atom stereocenters. The molecule has 2 nitrogen and oxygen atoms in total. The quantitative estimate of drug-likeness (QED) is 0.810. The summed E-state index contributed by atoms with van der Waals surface area (Å²) >= 11 is 0. The molecule has 2 rings (SSSR count). The molecule has 0 amide bonds. The molecular weight excluding hydrogens is 244 g/mol. The predicted molar refractivity (Wildman–Crippen MR) is 87.2 cm³/mol. The van der Waals surface area contributed by atoms with Crippen LogP contribution in [-0.4, -0.2) is 30.6 Å². The molecule has 1 fully saturated rings. The molecule has 1 N–H and O–H groups in total. The van der Waals surface area contributed by atoms with Crippen molar-refractivity contribution in [2.75, 3.05) is 13.6 Å². The van der Waals surface area contributed by atoms with E-state index in [1.165, 1.54) is 24.0 Å². The van der Waals surface area contributed by atoms with Crippen LogP contribution in [0.3, 0.4) is 0 Å². The van der Waals surface area contributed by atoms with Crippen molar-refractivity contribution in [1.82, 2.24) is 10.2 Å². The van der Waals surface area contributed by atoms with Crippen LogP contribution in [0.2, 0.25) is 0 Å². The average Bonchev–Trinajstić information content (AvgIpc) is 3.28. The van der Waals surface area contributed by atoms with Gasteiger partial charge < -0.3 is 5.32 Å². The van der Waals surface area contributed by atoms with Crippen molar-refractivity contribution < 1.29 is 0 Å². The van der Waals surface area contributed by atoms with E-state index in [1.54, 1.807) is 0 Å². The van der Waals surface area contributed by atoms with Crippen LogP contribution in [0.4, 0.5) is 0 Å². The van der Waals surface area contributed by atoms with Crippen LogP contribution in [0, 0.1) is 0 Å². The molecule has 2 unspecified atom stereocenters. The number of nitrogens with one attached hydrogen (secondary N) is 1. The van der Waals surface area contributed by atoms with Gasteiger partial charge in [-0.3, -0.25) is 4.90 Å². The van der Waals surface area contributed by atoms with Gasteiger partial charge in [0.05, 0.1) is 0 Å². The number of rotatable bonds is 7. The van der Waals surface area contributed by atoms with E-state index in [1.807, 2.05) is 0 Å². The molecule has 112 valence electrons. The third kappa shape index (κ3) is 4.07. The van der Waals surface area contributed by atoms with E-state index in [-0.39, 0.29) is 0 Å². The van der Waals surface area contributed by atoms with Crippen LogP contribution in [0.5, 0.6) is 0 Å². The fourth-order valence-electron chi connectivity index (χ4n) is 2.62. The third-order valence-corrected chi connectivity index (χ3v) is 4.64. The lowest BCUT2D eigenvalue weighted by Gasteiger charge is -2.26. The highest BCUT2D eigenvalue weighted by atomic mass is 15.2. The highest BCUT2D eigenvalue weighted by Crippen LogP contribution is 2.27. The third-order valence-electron chi connectivity index (χ3n) is 4.64. The first kappa shape index (κ1) is 15.5. The zero-order chi connectivity index (χ0) is 14.7. The molecule has 0 radical (unpaired) electrons. The van der Waals surface area contributed by atoms with Crippen molar-refractivity contribution in [3.8, 4) is 0 Å². The summed E-state index contributed by atoms with van der Waals surface area (Å²) in [6, 6.07) is 10.9. The molecular formula is C18H30N2. The Kier molecular flexibility index (Phi) is 5.22. The first-order chi connectivity index (χ1) is 9.49. The van der Waals surface area contributed by atoms with Gasteiger partial charge in [0.25, 0.3) is 0 Å². The fraction of sp³-hybridized carbons (Fsp3) is 0.667. The molecule has 0 heterocycles. The van der Waals surface area contributed by atoms with E-state index in [2.05, 4.69) is 69.2 Å². The Morgan fingerprint density at radius 1 is 1.05 bits per heavy atom. The molecule has 0 aromatic heterocycles. The number of benzene rings is 1. The highest BCUT2D eigenvalue weighted by molar-refractivity contribution is 5.26. The number of nitrogens with zero attached hydrogens (tertiary/aromatic N) is 1. The van der Waals surface area contributed by atoms with Gasteiger partial charge in [0, 0.05) is 24.7 Å². The highest BCUT2D eigenvalue weighted by Gasteiger charge is 2.28. The van der Waals surface area contributed by atoms with Gasteiger partial charge >= 0.3 is 0 Å². The molecule has 1 aliphatic rings. The molecule has 0 spiro atoms. The minimum Gasteiger partial charge on any atom is -0.309 e. The van der Waals surface area contributed by atoms with Gasteiger partial charge in [-0.05, 0) is 50.8 Å². The maximum absolute atomic E-state index is 3.67. The summed E-state index contributed by atoms with van der Waals surface area (Å²) in [5.41, 5.74) is 2.80. The Morgan fingerprint density at radius 3 is 2.10 bits per heavy atom. The molecule has 1 aromatic rings. The second-order valence-electron chi connectivity index (χ2n) is 6.70. The van der Waals surface area contributed by atoms with Crippen LogP contribution in [0.15, 0.2) is 24.3 Å². The zero-order valence-corrected chi connectivity index (χ0v) is 13.7. The first-order valence-electron chi connectivity index (χ1n) is 8.04. The van der Waals surface area contributed by atoms with Crippen molar-refractivity contribution in [1.29, 1.82) is 0 Å². The van der Waals surface area contributed by atoms with Crippen molar-refractivity contribution in [3.05, 3.63) is 35.4 Å². The molecule has 0 bridgehead atoms. The Bertz CT molecular complexity index is 406.